The number of pyridine rings is 1. The quantitative estimate of drug-likeness (QED) is 0.0876. The summed E-state index contributed by atoms with van der Waals surface area (Å²) in [6, 6.07) is 26.8. The number of carboxylic acid groups (broad SMARTS) is 1. The first-order valence-electron chi connectivity index (χ1n) is 20.0. The van der Waals surface area contributed by atoms with Crippen molar-refractivity contribution >= 4 is 35.0 Å². The van der Waals surface area contributed by atoms with Gasteiger partial charge in [0, 0.05) is 74.4 Å². The van der Waals surface area contributed by atoms with Gasteiger partial charge in [-0.25, -0.2) is 4.79 Å². The monoisotopic (exact) mass is 819 g/mol. The molecule has 0 bridgehead atoms. The average Bonchev–Trinajstić information content (AvgIpc) is 3.20. The maximum absolute atomic E-state index is 12.6. The number of anilines is 2. The van der Waals surface area contributed by atoms with Crippen LogP contribution in [0.4, 0.5) is 16.2 Å². The summed E-state index contributed by atoms with van der Waals surface area (Å²) in [5, 5.41) is 12.7. The Morgan fingerprint density at radius 2 is 1.51 bits per heavy atom. The lowest BCUT2D eigenvalue weighted by Gasteiger charge is -2.36. The van der Waals surface area contributed by atoms with Crippen LogP contribution < -0.4 is 25.4 Å². The molecule has 310 valence electrons. The van der Waals surface area contributed by atoms with Crippen molar-refractivity contribution in [2.24, 2.45) is 0 Å². The van der Waals surface area contributed by atoms with E-state index in [0.29, 0.717) is 54.8 Å². The molecule has 0 atom stereocenters. The van der Waals surface area contributed by atoms with Crippen molar-refractivity contribution in [1.82, 2.24) is 15.2 Å². The third-order valence-corrected chi connectivity index (χ3v) is 10.6. The van der Waals surface area contributed by atoms with Crippen molar-refractivity contribution in [2.75, 3.05) is 43.4 Å². The van der Waals surface area contributed by atoms with E-state index in [1.807, 2.05) is 32.9 Å². The van der Waals surface area contributed by atoms with E-state index < -0.39 is 11.6 Å². The third kappa shape index (κ3) is 11.5. The Labute approximate surface area is 352 Å². The zero-order chi connectivity index (χ0) is 42.1. The minimum Gasteiger partial charge on any atom is -0.488 e. The highest BCUT2D eigenvalue weighted by molar-refractivity contribution is 6.32. The molecule has 5 aromatic rings. The molecule has 1 saturated heterocycles. The summed E-state index contributed by atoms with van der Waals surface area (Å²) in [7, 11) is 0. The maximum Gasteiger partial charge on any atom is 0.410 e. The highest BCUT2D eigenvalue weighted by Gasteiger charge is 2.26. The minimum atomic E-state index is -0.826. The number of carboxylic acids is 1. The van der Waals surface area contributed by atoms with Gasteiger partial charge in [0.05, 0.1) is 10.7 Å². The molecule has 1 aromatic heterocycles. The van der Waals surface area contributed by atoms with Gasteiger partial charge in [0.1, 0.15) is 30.3 Å². The summed E-state index contributed by atoms with van der Waals surface area (Å²) in [4.78, 5) is 31.8. The number of nitrogens with zero attached hydrogens (tertiary/aromatic N) is 3. The van der Waals surface area contributed by atoms with Gasteiger partial charge >= 0.3 is 12.1 Å². The molecule has 0 aliphatic carbocycles. The Bertz CT molecular complexity index is 2250. The van der Waals surface area contributed by atoms with Crippen LogP contribution in [0.25, 0.3) is 22.3 Å². The van der Waals surface area contributed by atoms with Gasteiger partial charge in [-0.05, 0) is 111 Å². The lowest BCUT2D eigenvalue weighted by Crippen LogP contribution is -2.50. The SMILES string of the molecule is Cc1c(COc2cc(OCc3cncc(N)c3)c(CNCCCC(=O)O)cc2Cl)cccc1-c1cccc(-c2ccc(N3CCN(C(=O)OC(C)(C)C)CC3)cc2)c1C. The maximum atomic E-state index is 12.6. The van der Waals surface area contributed by atoms with E-state index in [1.54, 1.807) is 23.4 Å². The number of rotatable bonds is 15. The number of amides is 1. The van der Waals surface area contributed by atoms with Gasteiger partial charge in [0.15, 0.2) is 0 Å². The van der Waals surface area contributed by atoms with Crippen molar-refractivity contribution in [1.29, 1.82) is 0 Å². The molecule has 1 fully saturated rings. The van der Waals surface area contributed by atoms with Gasteiger partial charge in [-0.2, -0.15) is 0 Å². The van der Waals surface area contributed by atoms with Crippen molar-refractivity contribution < 1.29 is 28.9 Å². The molecule has 0 radical (unpaired) electrons. The first kappa shape index (κ1) is 42.8. The van der Waals surface area contributed by atoms with Crippen molar-refractivity contribution in [3.8, 4) is 33.8 Å². The van der Waals surface area contributed by atoms with E-state index >= 15 is 0 Å². The molecule has 1 amide bonds. The summed E-state index contributed by atoms with van der Waals surface area (Å²) in [5.41, 5.74) is 16.6. The first-order chi connectivity index (χ1) is 28.3. The normalized spacial score (nSPS) is 13.0. The number of ether oxygens (including phenoxy) is 3. The number of nitrogen functional groups attached to an aromatic ring is 1. The molecule has 2 heterocycles. The number of benzene rings is 4. The van der Waals surface area contributed by atoms with Crippen LogP contribution in [0.2, 0.25) is 5.02 Å². The fourth-order valence-corrected chi connectivity index (χ4v) is 7.39. The standard InChI is InChI=1S/C47H54ClN5O6/c1-31-35(30-58-44-25-43(57-29-33-23-37(49)28-51-26-33)36(24-42(44)48)27-50-18-8-13-45(54)55)9-6-11-40(31)41-12-7-10-39(32(41)2)34-14-16-38(17-15-34)52-19-21-53(22-20-52)46(56)59-47(3,4)5/h6-7,9-12,14-17,23-26,28,50H,8,13,18-22,27,29-30,49H2,1-5H3,(H,54,55). The lowest BCUT2D eigenvalue weighted by atomic mass is 9.89. The number of nitrogens with one attached hydrogen (secondary N) is 1. The molecule has 1 aliphatic rings. The summed E-state index contributed by atoms with van der Waals surface area (Å²) < 4.78 is 18.2. The number of aliphatic carboxylic acids is 1. The molecule has 11 nitrogen and oxygen atoms in total. The van der Waals surface area contributed by atoms with Crippen molar-refractivity contribution in [3.05, 3.63) is 124 Å². The Hall–Kier alpha value is -5.78. The number of hydrogen-bond acceptors (Lipinski definition) is 9. The van der Waals surface area contributed by atoms with Gasteiger partial charge in [0.2, 0.25) is 0 Å². The minimum absolute atomic E-state index is 0.0891. The second-order valence-corrected chi connectivity index (χ2v) is 16.2. The summed E-state index contributed by atoms with van der Waals surface area (Å²) in [5.74, 6) is 0.246. The van der Waals surface area contributed by atoms with Crippen LogP contribution in [0.1, 0.15) is 61.4 Å². The topological polar surface area (TPSA) is 139 Å². The zero-order valence-corrected chi connectivity index (χ0v) is 35.3. The number of carbonyl (C=O) groups excluding carboxylic acids is 1. The Morgan fingerprint density at radius 1 is 0.831 bits per heavy atom. The van der Waals surface area contributed by atoms with Gasteiger partial charge in [-0.3, -0.25) is 9.78 Å². The van der Waals surface area contributed by atoms with Crippen LogP contribution in [0.15, 0.2) is 91.3 Å². The predicted molar refractivity (Wildman–Crippen MR) is 234 cm³/mol. The zero-order valence-electron chi connectivity index (χ0n) is 34.5. The number of aromatic nitrogens is 1. The number of nitrogens with two attached hydrogens (primary N) is 1. The van der Waals surface area contributed by atoms with Crippen molar-refractivity contribution in [2.45, 2.75) is 72.8 Å². The molecule has 0 unspecified atom stereocenters. The lowest BCUT2D eigenvalue weighted by molar-refractivity contribution is -0.137. The molecule has 4 N–H and O–H groups in total. The fourth-order valence-electron chi connectivity index (χ4n) is 7.15. The summed E-state index contributed by atoms with van der Waals surface area (Å²) in [6.45, 7) is 14.2. The van der Waals surface area contributed by atoms with Gasteiger partial charge in [0.25, 0.3) is 0 Å². The predicted octanol–water partition coefficient (Wildman–Crippen LogP) is 9.44. The van der Waals surface area contributed by atoms with E-state index in [4.69, 9.17) is 36.7 Å². The van der Waals surface area contributed by atoms with Crippen LogP contribution in [0.5, 0.6) is 11.5 Å². The van der Waals surface area contributed by atoms with E-state index in [2.05, 4.69) is 89.7 Å². The third-order valence-electron chi connectivity index (χ3n) is 10.3. The van der Waals surface area contributed by atoms with E-state index in [0.717, 1.165) is 63.3 Å². The molecule has 6 rings (SSSR count). The van der Waals surface area contributed by atoms with Gasteiger partial charge < -0.3 is 40.2 Å². The number of piperazine rings is 1. The van der Waals surface area contributed by atoms with Gasteiger partial charge in [-0.15, -0.1) is 0 Å². The molecule has 4 aromatic carbocycles. The van der Waals surface area contributed by atoms with E-state index in [9.17, 15) is 9.59 Å². The largest absolute Gasteiger partial charge is 0.488 e. The average molecular weight is 820 g/mol. The van der Waals surface area contributed by atoms with Crippen LogP contribution >= 0.6 is 11.6 Å². The smallest absolute Gasteiger partial charge is 0.410 e. The van der Waals surface area contributed by atoms with Crippen LogP contribution in [0.3, 0.4) is 0 Å². The fraction of sp³-hybridized carbons (Fsp3) is 0.340. The Morgan fingerprint density at radius 3 is 2.20 bits per heavy atom. The van der Waals surface area contributed by atoms with E-state index in [1.165, 1.54) is 5.56 Å². The van der Waals surface area contributed by atoms with Crippen LogP contribution in [-0.2, 0) is 29.3 Å². The number of hydrogen-bond donors (Lipinski definition) is 3. The second-order valence-electron chi connectivity index (χ2n) is 15.8. The molecular weight excluding hydrogens is 766 g/mol. The highest BCUT2D eigenvalue weighted by atomic mass is 35.5. The molecule has 0 saturated carbocycles. The number of halogens is 1. The van der Waals surface area contributed by atoms with Gasteiger partial charge in [-0.1, -0.05) is 60.1 Å². The molecule has 1 aliphatic heterocycles. The van der Waals surface area contributed by atoms with Crippen LogP contribution in [0, 0.1) is 13.8 Å². The van der Waals surface area contributed by atoms with Crippen LogP contribution in [-0.4, -0.2) is 65.4 Å². The highest BCUT2D eigenvalue weighted by Crippen LogP contribution is 2.37. The van der Waals surface area contributed by atoms with E-state index in [-0.39, 0.29) is 25.7 Å². The molecule has 0 spiro atoms. The summed E-state index contributed by atoms with van der Waals surface area (Å²) >= 11 is 6.81. The molecule has 12 heteroatoms. The Balaban J connectivity index is 1.15. The first-order valence-corrected chi connectivity index (χ1v) is 20.3. The molecule has 59 heavy (non-hydrogen) atoms. The number of carbonyl (C=O) groups is 2. The second kappa shape index (κ2) is 19.3. The molecular formula is C47H54ClN5O6. The van der Waals surface area contributed by atoms with Crippen molar-refractivity contribution in [3.63, 3.8) is 0 Å². The Kier molecular flexibility index (Phi) is 14.0. The summed E-state index contributed by atoms with van der Waals surface area (Å²) in [6.07, 6.45) is 3.62.